The molecule has 8 nitrogen and oxygen atoms in total. The minimum atomic E-state index is -5.13. The van der Waals surface area contributed by atoms with Crippen LogP contribution in [0.3, 0.4) is 0 Å². The number of sulfonamides is 1. The Kier molecular flexibility index (Phi) is 1.86. The summed E-state index contributed by atoms with van der Waals surface area (Å²) in [5.41, 5.74) is -1.49. The summed E-state index contributed by atoms with van der Waals surface area (Å²) in [6.07, 6.45) is -9.71. The van der Waals surface area contributed by atoms with E-state index in [1.165, 1.54) is 0 Å². The molecule has 1 fully saturated rings. The molecule has 23 heavy (non-hydrogen) atoms. The van der Waals surface area contributed by atoms with Gasteiger partial charge < -0.3 is 10.3 Å². The van der Waals surface area contributed by atoms with E-state index >= 15 is 0 Å². The van der Waals surface area contributed by atoms with Crippen molar-refractivity contribution in [2.45, 2.75) is 25.6 Å². The molecule has 2 aromatic rings. The Morgan fingerprint density at radius 1 is 1.43 bits per heavy atom. The second-order valence-electron chi connectivity index (χ2n) is 4.61. The van der Waals surface area contributed by atoms with Crippen LogP contribution < -0.4 is 10.9 Å². The Balaban J connectivity index is 2.13. The fraction of sp³-hybridized carbons (Fsp3) is 0.500. The van der Waals surface area contributed by atoms with Crippen LogP contribution in [0.1, 0.15) is 33.5 Å². The van der Waals surface area contributed by atoms with Gasteiger partial charge in [-0.15, -0.1) is 0 Å². The molecule has 0 aromatic carbocycles. The van der Waals surface area contributed by atoms with Gasteiger partial charge >= 0.3 is 0 Å². The van der Waals surface area contributed by atoms with E-state index in [4.69, 9.17) is 15.1 Å². The van der Waals surface area contributed by atoms with Gasteiger partial charge in [0, 0.05) is 44.3 Å². The van der Waals surface area contributed by atoms with E-state index < -0.39 is 72.1 Å². The fourth-order valence-electron chi connectivity index (χ4n) is 1.92. The fourth-order valence-corrected chi connectivity index (χ4v) is 2.39. The van der Waals surface area contributed by atoms with Crippen molar-refractivity contribution in [3.63, 3.8) is 0 Å². The molecule has 3 heterocycles. The van der Waals surface area contributed by atoms with Crippen LogP contribution in [0, 0.1) is 6.85 Å². The second-order valence-corrected chi connectivity index (χ2v) is 6.07. The Bertz CT molecular complexity index is 1270. The summed E-state index contributed by atoms with van der Waals surface area (Å²) in [5.74, 6) is -0.713. The second kappa shape index (κ2) is 5.89. The zero-order chi connectivity index (χ0) is 26.1. The molecule has 0 bridgehead atoms. The number of aryl methyl sites for hydroxylation is 1. The van der Waals surface area contributed by atoms with E-state index in [1.54, 1.807) is 0 Å². The van der Waals surface area contributed by atoms with E-state index in [9.17, 15) is 13.2 Å². The van der Waals surface area contributed by atoms with E-state index in [1.807, 2.05) is 0 Å². The van der Waals surface area contributed by atoms with Crippen LogP contribution >= 0.6 is 0 Å². The maximum absolute atomic E-state index is 12.3. The van der Waals surface area contributed by atoms with Crippen LogP contribution in [0.5, 0.6) is 0 Å². The van der Waals surface area contributed by atoms with Crippen LogP contribution in [0.4, 0.5) is 5.95 Å². The minimum Gasteiger partial charge on any atom is -0.351 e. The van der Waals surface area contributed by atoms with Crippen LogP contribution in [0.15, 0.2) is 16.9 Å². The van der Waals surface area contributed by atoms with E-state index in [2.05, 4.69) is 20.3 Å². The van der Waals surface area contributed by atoms with Gasteiger partial charge in [0.25, 0.3) is 0 Å². The minimum absolute atomic E-state index is 0.0613. The van der Waals surface area contributed by atoms with Crippen LogP contribution in [-0.4, -0.2) is 53.0 Å². The van der Waals surface area contributed by atoms with Crippen molar-refractivity contribution in [3.8, 4) is 0 Å². The normalized spacial score (nSPS) is 31.4. The van der Waals surface area contributed by atoms with Gasteiger partial charge in [-0.1, -0.05) is 0 Å². The first-order chi connectivity index (χ1) is 15.1. The number of piperidine rings is 1. The third-order valence-corrected chi connectivity index (χ3v) is 3.97. The summed E-state index contributed by atoms with van der Waals surface area (Å²) in [4.78, 5) is 21.6. The molecule has 0 radical (unpaired) electrons. The molecule has 124 valence electrons. The molecule has 0 saturated carbocycles. The largest absolute Gasteiger partial charge is 0.351 e. The summed E-state index contributed by atoms with van der Waals surface area (Å²) in [6, 6.07) is -0.805. The molecular formula is C14H19N5O3S. The van der Waals surface area contributed by atoms with Gasteiger partial charge in [-0.25, -0.2) is 17.7 Å². The lowest BCUT2D eigenvalue weighted by molar-refractivity contribution is 0.331. The van der Waals surface area contributed by atoms with Crippen LogP contribution in [0.25, 0.3) is 11.0 Å². The number of pyridine rings is 1. The highest BCUT2D eigenvalue weighted by atomic mass is 32.2. The van der Waals surface area contributed by atoms with Crippen molar-refractivity contribution in [3.05, 3.63) is 28.2 Å². The lowest BCUT2D eigenvalue weighted by Crippen LogP contribution is -2.42. The number of aromatic amines is 1. The lowest BCUT2D eigenvalue weighted by atomic mass is 10.1. The van der Waals surface area contributed by atoms with Crippen LogP contribution in [-0.2, 0) is 10.0 Å². The van der Waals surface area contributed by atoms with Crippen molar-refractivity contribution < 1.29 is 23.5 Å². The van der Waals surface area contributed by atoms with E-state index in [0.29, 0.717) is 0 Å². The highest BCUT2D eigenvalue weighted by Crippen LogP contribution is 2.18. The Morgan fingerprint density at radius 3 is 2.91 bits per heavy atom. The first kappa shape index (κ1) is 7.27. The highest BCUT2D eigenvalue weighted by Gasteiger charge is 2.25. The molecule has 1 aliphatic heterocycles. The average Bonchev–Trinajstić information content (AvgIpc) is 2.63. The molecule has 2 N–H and O–H groups in total. The van der Waals surface area contributed by atoms with Crippen molar-refractivity contribution in [2.75, 3.05) is 24.6 Å². The SMILES string of the molecule is [2H]C([2H])([2H])c1nc(NC2([2H])C([2H])([2H])CN(S(=O)(=O)C([2H])([2H])[2H])CC2([2H])[2H])nc2[nH]c(=O)ccc12. The highest BCUT2D eigenvalue weighted by molar-refractivity contribution is 7.88. The summed E-state index contributed by atoms with van der Waals surface area (Å²) < 4.78 is 111. The van der Waals surface area contributed by atoms with Crippen molar-refractivity contribution in [1.29, 1.82) is 0 Å². The zero-order valence-corrected chi connectivity index (χ0v) is 12.4. The molecule has 2 aromatic heterocycles. The third-order valence-electron chi connectivity index (χ3n) is 3.03. The third kappa shape index (κ3) is 3.50. The molecule has 0 aliphatic carbocycles. The Hall–Kier alpha value is -2.00. The van der Waals surface area contributed by atoms with Crippen molar-refractivity contribution >= 4 is 27.0 Å². The number of aromatic nitrogens is 3. The van der Waals surface area contributed by atoms with Gasteiger partial charge in [0.1, 0.15) is 5.65 Å². The number of anilines is 1. The van der Waals surface area contributed by atoms with E-state index in [-0.39, 0.29) is 15.3 Å². The number of nitrogens with zero attached hydrogens (tertiary/aromatic N) is 3. The number of fused-ring (bicyclic) bond motifs is 1. The Labute approximate surface area is 149 Å². The average molecular weight is 348 g/mol. The molecule has 1 aliphatic rings. The summed E-state index contributed by atoms with van der Waals surface area (Å²) in [7, 11) is -5.13. The number of H-pyrrole nitrogens is 1. The quantitative estimate of drug-likeness (QED) is 0.834. The topological polar surface area (TPSA) is 108 Å². The molecule has 9 heteroatoms. The number of hydrogen-bond donors (Lipinski definition) is 2. The number of rotatable bonds is 3. The summed E-state index contributed by atoms with van der Waals surface area (Å²) >= 11 is 0. The zero-order valence-electron chi connectivity index (χ0n) is 22.5. The predicted molar refractivity (Wildman–Crippen MR) is 88.0 cm³/mol. The molecular weight excluding hydrogens is 318 g/mol. The monoisotopic (exact) mass is 348 g/mol. The molecule has 3 rings (SSSR count). The molecule has 0 atom stereocenters. The standard InChI is InChI=1S/C14H19N5O3S/c1-9-11-3-4-12(20)17-13(11)18-14(15-9)16-10-5-7-19(8-6-10)23(2,21)22/h3-4,10H,5-8H2,1-2H3,(H2,15,16,17,18,20)/i1D3,2D3,5D2,6D2,10D. The number of nitrogens with one attached hydrogen (secondary N) is 2. The lowest BCUT2D eigenvalue weighted by Gasteiger charge is -2.30. The maximum atomic E-state index is 12.3. The van der Waals surface area contributed by atoms with Crippen LogP contribution in [0.2, 0.25) is 0 Å². The van der Waals surface area contributed by atoms with Gasteiger partial charge in [-0.05, 0) is 25.7 Å². The predicted octanol–water partition coefficient (Wildman–Crippen LogP) is 0.462. The summed E-state index contributed by atoms with van der Waals surface area (Å²) in [6.45, 7) is -5.22. The Morgan fingerprint density at radius 2 is 2.22 bits per heavy atom. The molecule has 0 unspecified atom stereocenters. The van der Waals surface area contributed by atoms with E-state index in [0.717, 1.165) is 12.1 Å². The first-order valence-electron chi connectivity index (χ1n) is 11.8. The molecule has 0 amide bonds. The van der Waals surface area contributed by atoms with Crippen molar-refractivity contribution in [2.24, 2.45) is 0 Å². The van der Waals surface area contributed by atoms with Gasteiger partial charge in [0.2, 0.25) is 21.5 Å². The molecule has 0 spiro atoms. The van der Waals surface area contributed by atoms with Gasteiger partial charge in [-0.3, -0.25) is 4.79 Å². The summed E-state index contributed by atoms with van der Waals surface area (Å²) in [5, 5.41) is 2.07. The van der Waals surface area contributed by atoms with Gasteiger partial charge in [-0.2, -0.15) is 4.98 Å². The molecule has 1 saturated heterocycles. The van der Waals surface area contributed by atoms with Crippen molar-refractivity contribution in [1.82, 2.24) is 19.3 Å². The number of hydrogen-bond acceptors (Lipinski definition) is 6. The maximum Gasteiger partial charge on any atom is 0.249 e. The van der Waals surface area contributed by atoms with Gasteiger partial charge in [0.15, 0.2) is 0 Å². The van der Waals surface area contributed by atoms with Gasteiger partial charge in [0.05, 0.1) is 13.2 Å². The first-order valence-corrected chi connectivity index (χ1v) is 7.76. The smallest absolute Gasteiger partial charge is 0.249 e.